The summed E-state index contributed by atoms with van der Waals surface area (Å²) in [6.07, 6.45) is 1.45. The summed E-state index contributed by atoms with van der Waals surface area (Å²) in [5.74, 6) is 0.590. The molecule has 0 aliphatic heterocycles. The van der Waals surface area contributed by atoms with Crippen molar-refractivity contribution in [2.24, 2.45) is 5.73 Å². The molecule has 0 radical (unpaired) electrons. The summed E-state index contributed by atoms with van der Waals surface area (Å²) in [5.41, 5.74) is 5.35. The molecule has 0 saturated heterocycles. The van der Waals surface area contributed by atoms with E-state index >= 15 is 0 Å². The van der Waals surface area contributed by atoms with Crippen LogP contribution in [0.15, 0.2) is 18.2 Å². The van der Waals surface area contributed by atoms with Gasteiger partial charge in [-0.1, -0.05) is 41.5 Å². The van der Waals surface area contributed by atoms with Crippen molar-refractivity contribution in [1.82, 2.24) is 0 Å². The Balaban J connectivity index is 2.44. The van der Waals surface area contributed by atoms with Crippen molar-refractivity contribution in [1.29, 1.82) is 0 Å². The number of thiocarbonyl (C=S) groups is 1. The van der Waals surface area contributed by atoms with Gasteiger partial charge in [-0.3, -0.25) is 0 Å². The fourth-order valence-electron chi connectivity index (χ4n) is 1.02. The van der Waals surface area contributed by atoms with E-state index < -0.39 is 0 Å². The highest BCUT2D eigenvalue weighted by Crippen LogP contribution is 2.31. The van der Waals surface area contributed by atoms with E-state index in [9.17, 15) is 0 Å². The number of benzene rings is 1. The zero-order valence-electron chi connectivity index (χ0n) is 8.00. The molecule has 1 aromatic carbocycles. The highest BCUT2D eigenvalue weighted by Gasteiger charge is 2.04. The van der Waals surface area contributed by atoms with Crippen LogP contribution >= 0.6 is 35.4 Å². The molecule has 0 saturated carbocycles. The summed E-state index contributed by atoms with van der Waals surface area (Å²) in [7, 11) is 0. The zero-order valence-corrected chi connectivity index (χ0v) is 10.3. The van der Waals surface area contributed by atoms with Gasteiger partial charge in [0.05, 0.1) is 16.6 Å². The smallest absolute Gasteiger partial charge is 0.139 e. The number of halogens is 2. The van der Waals surface area contributed by atoms with Crippen LogP contribution in [0, 0.1) is 0 Å². The molecule has 0 heterocycles. The second-order valence-corrected chi connectivity index (χ2v) is 4.28. The SMILES string of the molecule is NC(=S)CCCOc1cccc(Cl)c1Cl. The molecule has 0 spiro atoms. The van der Waals surface area contributed by atoms with Crippen LogP contribution < -0.4 is 10.5 Å². The lowest BCUT2D eigenvalue weighted by molar-refractivity contribution is 0.314. The van der Waals surface area contributed by atoms with Gasteiger partial charge in [-0.15, -0.1) is 0 Å². The average Bonchev–Trinajstić information content (AvgIpc) is 2.18. The van der Waals surface area contributed by atoms with Crippen molar-refractivity contribution in [3.63, 3.8) is 0 Å². The van der Waals surface area contributed by atoms with Crippen LogP contribution in [-0.2, 0) is 0 Å². The number of nitrogens with two attached hydrogens (primary N) is 1. The highest BCUT2D eigenvalue weighted by atomic mass is 35.5. The van der Waals surface area contributed by atoms with Crippen molar-refractivity contribution in [3.8, 4) is 5.75 Å². The fraction of sp³-hybridized carbons (Fsp3) is 0.300. The van der Waals surface area contributed by atoms with Gasteiger partial charge in [-0.25, -0.2) is 0 Å². The lowest BCUT2D eigenvalue weighted by Crippen LogP contribution is -2.09. The van der Waals surface area contributed by atoms with Crippen LogP contribution in [0.4, 0.5) is 0 Å². The maximum absolute atomic E-state index is 5.93. The van der Waals surface area contributed by atoms with E-state index in [4.69, 9.17) is 45.9 Å². The second-order valence-electron chi connectivity index (χ2n) is 2.97. The first-order chi connectivity index (χ1) is 7.11. The minimum Gasteiger partial charge on any atom is -0.492 e. The molecule has 0 unspecified atom stereocenters. The van der Waals surface area contributed by atoms with E-state index in [0.29, 0.717) is 33.8 Å². The Kier molecular flexibility index (Phi) is 5.15. The normalized spacial score (nSPS) is 10.0. The van der Waals surface area contributed by atoms with Crippen molar-refractivity contribution in [3.05, 3.63) is 28.2 Å². The van der Waals surface area contributed by atoms with E-state index in [1.54, 1.807) is 18.2 Å². The number of rotatable bonds is 5. The summed E-state index contributed by atoms with van der Waals surface area (Å²) < 4.78 is 5.44. The molecule has 1 aromatic rings. The van der Waals surface area contributed by atoms with E-state index in [1.807, 2.05) is 0 Å². The molecule has 0 aromatic heterocycles. The molecule has 0 atom stereocenters. The molecule has 82 valence electrons. The van der Waals surface area contributed by atoms with E-state index in [0.717, 1.165) is 6.42 Å². The van der Waals surface area contributed by atoms with E-state index in [-0.39, 0.29) is 0 Å². The maximum Gasteiger partial charge on any atom is 0.139 e. The number of hydrogen-bond acceptors (Lipinski definition) is 2. The summed E-state index contributed by atoms with van der Waals surface area (Å²) in [4.78, 5) is 0.496. The second kappa shape index (κ2) is 6.16. The van der Waals surface area contributed by atoms with Gasteiger partial charge >= 0.3 is 0 Å². The summed E-state index contributed by atoms with van der Waals surface area (Å²) in [5, 5.41) is 0.929. The van der Waals surface area contributed by atoms with Gasteiger partial charge < -0.3 is 10.5 Å². The molecule has 0 fully saturated rings. The van der Waals surface area contributed by atoms with E-state index in [1.165, 1.54) is 0 Å². The van der Waals surface area contributed by atoms with Gasteiger partial charge in [-0.2, -0.15) is 0 Å². The molecule has 2 N–H and O–H groups in total. The molecule has 0 aliphatic carbocycles. The Hall–Kier alpha value is -0.510. The minimum absolute atomic E-state index is 0.439. The maximum atomic E-state index is 5.93. The van der Waals surface area contributed by atoms with Crippen molar-refractivity contribution in [2.75, 3.05) is 6.61 Å². The van der Waals surface area contributed by atoms with Crippen LogP contribution in [0.5, 0.6) is 5.75 Å². The van der Waals surface area contributed by atoms with Crippen molar-refractivity contribution in [2.45, 2.75) is 12.8 Å². The average molecular weight is 264 g/mol. The van der Waals surface area contributed by atoms with Crippen LogP contribution in [0.3, 0.4) is 0 Å². The predicted molar refractivity (Wildman–Crippen MR) is 68.0 cm³/mol. The van der Waals surface area contributed by atoms with Gasteiger partial charge in [-0.05, 0) is 18.6 Å². The van der Waals surface area contributed by atoms with Crippen molar-refractivity contribution >= 4 is 40.4 Å². The summed E-state index contributed by atoms with van der Waals surface area (Å²) in [6, 6.07) is 5.28. The monoisotopic (exact) mass is 263 g/mol. The highest BCUT2D eigenvalue weighted by molar-refractivity contribution is 7.80. The largest absolute Gasteiger partial charge is 0.492 e. The summed E-state index contributed by atoms with van der Waals surface area (Å²) >= 11 is 16.5. The Morgan fingerprint density at radius 3 is 2.80 bits per heavy atom. The van der Waals surface area contributed by atoms with Gasteiger partial charge in [0.2, 0.25) is 0 Å². The molecule has 0 amide bonds. The fourth-order valence-corrected chi connectivity index (χ4v) is 1.51. The molecule has 15 heavy (non-hydrogen) atoms. The van der Waals surface area contributed by atoms with Crippen LogP contribution in [0.2, 0.25) is 10.0 Å². The first kappa shape index (κ1) is 12.6. The molecule has 1 rings (SSSR count). The Labute approximate surface area is 104 Å². The van der Waals surface area contributed by atoms with Crippen LogP contribution in [0.25, 0.3) is 0 Å². The van der Waals surface area contributed by atoms with Crippen LogP contribution in [0.1, 0.15) is 12.8 Å². The Morgan fingerprint density at radius 2 is 2.13 bits per heavy atom. The van der Waals surface area contributed by atoms with Crippen LogP contribution in [-0.4, -0.2) is 11.6 Å². The van der Waals surface area contributed by atoms with E-state index in [2.05, 4.69) is 0 Å². The zero-order chi connectivity index (χ0) is 11.3. The number of ether oxygens (including phenoxy) is 1. The third-order valence-electron chi connectivity index (χ3n) is 1.74. The third kappa shape index (κ3) is 4.24. The lowest BCUT2D eigenvalue weighted by atomic mass is 10.3. The quantitative estimate of drug-likeness (QED) is 0.653. The van der Waals surface area contributed by atoms with Gasteiger partial charge in [0.1, 0.15) is 10.8 Å². The number of hydrogen-bond donors (Lipinski definition) is 1. The minimum atomic E-state index is 0.439. The van der Waals surface area contributed by atoms with Crippen molar-refractivity contribution < 1.29 is 4.74 Å². The Bertz CT molecular complexity index is 357. The predicted octanol–water partition coefficient (Wildman–Crippen LogP) is 3.44. The third-order valence-corrected chi connectivity index (χ3v) is 2.75. The lowest BCUT2D eigenvalue weighted by Gasteiger charge is -2.08. The standard InChI is InChI=1S/C10H11Cl2NOS/c11-7-3-1-4-8(10(7)12)14-6-2-5-9(13)15/h1,3-4H,2,5-6H2,(H2,13,15). The molecular weight excluding hydrogens is 253 g/mol. The molecule has 2 nitrogen and oxygen atoms in total. The molecule has 0 bridgehead atoms. The van der Waals surface area contributed by atoms with Gasteiger partial charge in [0.25, 0.3) is 0 Å². The Morgan fingerprint density at radius 1 is 1.40 bits per heavy atom. The van der Waals surface area contributed by atoms with Gasteiger partial charge in [0, 0.05) is 6.42 Å². The first-order valence-corrected chi connectivity index (χ1v) is 5.63. The molecular formula is C10H11Cl2NOS. The molecule has 0 aliphatic rings. The first-order valence-electron chi connectivity index (χ1n) is 4.46. The summed E-state index contributed by atoms with van der Waals surface area (Å²) in [6.45, 7) is 0.525. The van der Waals surface area contributed by atoms with Gasteiger partial charge in [0.15, 0.2) is 0 Å². The topological polar surface area (TPSA) is 35.2 Å². The molecule has 5 heteroatoms.